The van der Waals surface area contributed by atoms with Gasteiger partial charge in [0.15, 0.2) is 0 Å². The number of hydrogen-bond acceptors (Lipinski definition) is 2. The van der Waals surface area contributed by atoms with Crippen molar-refractivity contribution in [2.75, 3.05) is 18.1 Å². The van der Waals surface area contributed by atoms with Gasteiger partial charge in [0.25, 0.3) is 0 Å². The molecule has 0 spiro atoms. The minimum absolute atomic E-state index is 0.295. The van der Waals surface area contributed by atoms with Gasteiger partial charge in [0.2, 0.25) is 5.91 Å². The molecule has 0 aromatic heterocycles. The molecule has 0 aliphatic heterocycles. The van der Waals surface area contributed by atoms with Gasteiger partial charge in [-0.3, -0.25) is 4.79 Å². The molecule has 0 atom stereocenters. The molecule has 2 saturated carbocycles. The minimum atomic E-state index is 0.295. The highest BCUT2D eigenvalue weighted by Gasteiger charge is 2.54. The molecular formula is C19H35NOS. The Kier molecular flexibility index (Phi) is 5.90. The fraction of sp³-hybridized carbons (Fsp3) is 0.947. The van der Waals surface area contributed by atoms with E-state index in [-0.39, 0.29) is 0 Å². The number of rotatable bonds is 8. The highest BCUT2D eigenvalue weighted by molar-refractivity contribution is 7.99. The van der Waals surface area contributed by atoms with Gasteiger partial charge in [-0.15, -0.1) is 0 Å². The molecule has 2 rings (SSSR count). The molecule has 2 fully saturated rings. The van der Waals surface area contributed by atoms with E-state index in [1.807, 2.05) is 0 Å². The van der Waals surface area contributed by atoms with Crippen LogP contribution in [0.25, 0.3) is 0 Å². The molecule has 2 bridgehead atoms. The predicted molar refractivity (Wildman–Crippen MR) is 97.3 cm³/mol. The summed E-state index contributed by atoms with van der Waals surface area (Å²) in [6, 6.07) is 0. The fourth-order valence-electron chi connectivity index (χ4n) is 4.31. The number of fused-ring (bicyclic) bond motifs is 2. The highest BCUT2D eigenvalue weighted by atomic mass is 32.2. The zero-order valence-electron chi connectivity index (χ0n) is 15.1. The van der Waals surface area contributed by atoms with Crippen LogP contribution in [0.4, 0.5) is 0 Å². The predicted octanol–water partition coefficient (Wildman–Crippen LogP) is 5.02. The summed E-state index contributed by atoms with van der Waals surface area (Å²) in [4.78, 5) is 12.3. The van der Waals surface area contributed by atoms with Gasteiger partial charge < -0.3 is 5.32 Å². The second-order valence-corrected chi connectivity index (χ2v) is 10.2. The fourth-order valence-corrected chi connectivity index (χ4v) is 5.56. The van der Waals surface area contributed by atoms with Crippen molar-refractivity contribution in [3.8, 4) is 0 Å². The first-order valence-corrected chi connectivity index (χ1v) is 10.3. The third-order valence-corrected chi connectivity index (χ3v) is 7.12. The van der Waals surface area contributed by atoms with E-state index >= 15 is 0 Å². The Morgan fingerprint density at radius 1 is 1.14 bits per heavy atom. The summed E-state index contributed by atoms with van der Waals surface area (Å²) >= 11 is 2.13. The lowest BCUT2D eigenvalue weighted by molar-refractivity contribution is -0.123. The highest BCUT2D eigenvalue weighted by Crippen LogP contribution is 2.63. The SMILES string of the molecule is CCCSCC12CCC(CC(=O)NCCC(C)(C)C)(CC1)C2. The number of hydrogen-bond donors (Lipinski definition) is 1. The standard InChI is InChI=1S/C19H35NOS/c1-5-12-22-15-19-8-6-18(14-19,7-9-19)13-16(21)20-11-10-17(2,3)4/h5-15H2,1-4H3,(H,20,21). The average Bonchev–Trinajstić information content (AvgIpc) is 2.93. The monoisotopic (exact) mass is 325 g/mol. The van der Waals surface area contributed by atoms with Crippen molar-refractivity contribution in [1.29, 1.82) is 0 Å². The summed E-state index contributed by atoms with van der Waals surface area (Å²) in [5.41, 5.74) is 1.22. The van der Waals surface area contributed by atoms with Crippen molar-refractivity contribution in [2.24, 2.45) is 16.2 Å². The van der Waals surface area contributed by atoms with Crippen LogP contribution in [0.3, 0.4) is 0 Å². The third kappa shape index (κ3) is 4.91. The number of carbonyl (C=O) groups excluding carboxylic acids is 1. The smallest absolute Gasteiger partial charge is 0.220 e. The molecule has 0 radical (unpaired) electrons. The Hall–Kier alpha value is -0.180. The van der Waals surface area contributed by atoms with Crippen LogP contribution < -0.4 is 5.32 Å². The van der Waals surface area contributed by atoms with Crippen molar-refractivity contribution < 1.29 is 4.79 Å². The van der Waals surface area contributed by atoms with Crippen LogP contribution in [0, 0.1) is 16.2 Å². The van der Waals surface area contributed by atoms with Crippen LogP contribution in [0.15, 0.2) is 0 Å². The van der Waals surface area contributed by atoms with Crippen LogP contribution in [0.2, 0.25) is 0 Å². The van der Waals surface area contributed by atoms with Gasteiger partial charge in [-0.05, 0) is 72.7 Å². The van der Waals surface area contributed by atoms with E-state index in [0.29, 0.717) is 22.2 Å². The van der Waals surface area contributed by atoms with Crippen molar-refractivity contribution in [2.45, 2.75) is 79.1 Å². The molecule has 0 aromatic carbocycles. The van der Waals surface area contributed by atoms with Crippen molar-refractivity contribution in [3.63, 3.8) is 0 Å². The minimum Gasteiger partial charge on any atom is -0.356 e. The Morgan fingerprint density at radius 3 is 2.36 bits per heavy atom. The van der Waals surface area contributed by atoms with E-state index < -0.39 is 0 Å². The molecule has 1 amide bonds. The van der Waals surface area contributed by atoms with Gasteiger partial charge in [0.05, 0.1) is 0 Å². The zero-order valence-corrected chi connectivity index (χ0v) is 15.9. The molecule has 2 aliphatic carbocycles. The second-order valence-electron chi connectivity index (χ2n) is 9.07. The van der Waals surface area contributed by atoms with E-state index in [1.165, 1.54) is 50.0 Å². The van der Waals surface area contributed by atoms with Crippen LogP contribution >= 0.6 is 11.8 Å². The van der Waals surface area contributed by atoms with Crippen molar-refractivity contribution in [3.05, 3.63) is 0 Å². The van der Waals surface area contributed by atoms with Gasteiger partial charge >= 0.3 is 0 Å². The van der Waals surface area contributed by atoms with Gasteiger partial charge in [0, 0.05) is 13.0 Å². The lowest BCUT2D eigenvalue weighted by atomic mass is 9.80. The van der Waals surface area contributed by atoms with Gasteiger partial charge in [-0.1, -0.05) is 27.7 Å². The molecule has 2 aliphatic rings. The number of carbonyl (C=O) groups is 1. The van der Waals surface area contributed by atoms with Gasteiger partial charge in [-0.2, -0.15) is 11.8 Å². The molecule has 0 saturated heterocycles. The molecule has 0 aromatic rings. The number of nitrogens with one attached hydrogen (secondary N) is 1. The van der Waals surface area contributed by atoms with Crippen molar-refractivity contribution >= 4 is 17.7 Å². The quantitative estimate of drug-likeness (QED) is 0.635. The first-order valence-electron chi connectivity index (χ1n) is 9.13. The maximum absolute atomic E-state index is 12.3. The Bertz CT molecular complexity index is 377. The average molecular weight is 326 g/mol. The molecular weight excluding hydrogens is 290 g/mol. The van der Waals surface area contributed by atoms with Gasteiger partial charge in [-0.25, -0.2) is 0 Å². The molecule has 3 heteroatoms. The van der Waals surface area contributed by atoms with E-state index in [1.54, 1.807) is 0 Å². The second kappa shape index (κ2) is 7.15. The Balaban J connectivity index is 1.76. The maximum Gasteiger partial charge on any atom is 0.220 e. The number of thioether (sulfide) groups is 1. The third-order valence-electron chi connectivity index (χ3n) is 5.61. The maximum atomic E-state index is 12.3. The lowest BCUT2D eigenvalue weighted by Crippen LogP contribution is -2.31. The topological polar surface area (TPSA) is 29.1 Å². The summed E-state index contributed by atoms with van der Waals surface area (Å²) < 4.78 is 0. The van der Waals surface area contributed by atoms with Crippen LogP contribution in [-0.4, -0.2) is 24.0 Å². The van der Waals surface area contributed by atoms with E-state index in [9.17, 15) is 4.79 Å². The Labute approximate surface area is 141 Å². The molecule has 2 nitrogen and oxygen atoms in total. The molecule has 128 valence electrons. The van der Waals surface area contributed by atoms with Crippen LogP contribution in [0.5, 0.6) is 0 Å². The van der Waals surface area contributed by atoms with Crippen molar-refractivity contribution in [1.82, 2.24) is 5.32 Å². The first-order chi connectivity index (χ1) is 10.3. The summed E-state index contributed by atoms with van der Waals surface area (Å²) in [7, 11) is 0. The lowest BCUT2D eigenvalue weighted by Gasteiger charge is -2.27. The molecule has 0 heterocycles. The van der Waals surface area contributed by atoms with Crippen LogP contribution in [0.1, 0.15) is 79.1 Å². The number of amides is 1. The summed E-state index contributed by atoms with van der Waals surface area (Å²) in [6.07, 6.45) is 9.71. The van der Waals surface area contributed by atoms with E-state index in [2.05, 4.69) is 44.8 Å². The zero-order chi connectivity index (χ0) is 16.3. The first kappa shape index (κ1) is 18.2. The van der Waals surface area contributed by atoms with Crippen LogP contribution in [-0.2, 0) is 4.79 Å². The van der Waals surface area contributed by atoms with E-state index in [0.717, 1.165) is 19.4 Å². The summed E-state index contributed by atoms with van der Waals surface area (Å²) in [6.45, 7) is 9.78. The largest absolute Gasteiger partial charge is 0.356 e. The van der Waals surface area contributed by atoms with E-state index in [4.69, 9.17) is 0 Å². The molecule has 0 unspecified atom stereocenters. The summed E-state index contributed by atoms with van der Waals surface area (Å²) in [5.74, 6) is 2.92. The molecule has 1 N–H and O–H groups in total. The normalized spacial score (nSPS) is 30.7. The Morgan fingerprint density at radius 2 is 1.77 bits per heavy atom. The summed E-state index contributed by atoms with van der Waals surface area (Å²) in [5, 5.41) is 3.16. The van der Waals surface area contributed by atoms with Gasteiger partial charge in [0.1, 0.15) is 0 Å². The molecule has 22 heavy (non-hydrogen) atoms.